The minimum Gasteiger partial charge on any atom is -0.480 e. The second-order valence-corrected chi connectivity index (χ2v) is 7.17. The Morgan fingerprint density at radius 1 is 1.08 bits per heavy atom. The molecule has 132 valence electrons. The van der Waals surface area contributed by atoms with Crippen molar-refractivity contribution >= 4 is 22.0 Å². The van der Waals surface area contributed by atoms with Crippen LogP contribution in [0.3, 0.4) is 0 Å². The van der Waals surface area contributed by atoms with Crippen LogP contribution in [0.5, 0.6) is 0 Å². The summed E-state index contributed by atoms with van der Waals surface area (Å²) < 4.78 is 27.3. The average Bonchev–Trinajstić information content (AvgIpc) is 2.55. The maximum absolute atomic E-state index is 12.6. The Bertz CT molecular complexity index is 893. The van der Waals surface area contributed by atoms with Crippen LogP contribution in [0.1, 0.15) is 21.5 Å². The number of nitrogens with one attached hydrogen (secondary N) is 1. The predicted molar refractivity (Wildman–Crippen MR) is 90.0 cm³/mol. The number of benzene rings is 2. The summed E-state index contributed by atoms with van der Waals surface area (Å²) in [4.78, 5) is 22.2. The molecule has 0 aliphatic carbocycles. The van der Waals surface area contributed by atoms with Crippen molar-refractivity contribution in [1.29, 1.82) is 0 Å². The summed E-state index contributed by atoms with van der Waals surface area (Å²) in [7, 11) is -4.21. The lowest BCUT2D eigenvalue weighted by atomic mass is 10.1. The van der Waals surface area contributed by atoms with Gasteiger partial charge in [-0.3, -0.25) is 4.79 Å². The first-order valence-corrected chi connectivity index (χ1v) is 8.82. The molecule has 0 saturated heterocycles. The third kappa shape index (κ3) is 4.65. The van der Waals surface area contributed by atoms with Gasteiger partial charge < -0.3 is 10.2 Å². The molecular weight excluding hydrogens is 346 g/mol. The van der Waals surface area contributed by atoms with Crippen molar-refractivity contribution in [2.75, 3.05) is 0 Å². The highest BCUT2D eigenvalue weighted by Gasteiger charge is 2.27. The fourth-order valence-electron chi connectivity index (χ4n) is 2.30. The van der Waals surface area contributed by atoms with Gasteiger partial charge in [-0.05, 0) is 36.6 Å². The molecule has 8 heteroatoms. The molecule has 0 aliphatic rings. The van der Waals surface area contributed by atoms with Crippen molar-refractivity contribution in [2.45, 2.75) is 24.3 Å². The molecule has 3 N–H and O–H groups in total. The number of rotatable bonds is 7. The Labute approximate surface area is 145 Å². The van der Waals surface area contributed by atoms with Crippen LogP contribution < -0.4 is 4.72 Å². The van der Waals surface area contributed by atoms with Gasteiger partial charge in [-0.25, -0.2) is 13.2 Å². The molecule has 0 aromatic heterocycles. The number of carboxylic acid groups (broad SMARTS) is 2. The molecular formula is C17H17NO6S. The number of carboxylic acids is 2. The molecule has 1 unspecified atom stereocenters. The zero-order chi connectivity index (χ0) is 18.6. The standard InChI is InChI=1S/C17H17NO6S/c1-11-7-8-13(16(19)20)10-15(11)25(23,24)18-14(17(21)22)9-12-5-3-2-4-6-12/h2-8,10,14,18H,9H2,1H3,(H,19,20)(H,21,22). The Morgan fingerprint density at radius 2 is 1.72 bits per heavy atom. The number of aliphatic carboxylic acids is 1. The van der Waals surface area contributed by atoms with E-state index >= 15 is 0 Å². The summed E-state index contributed by atoms with van der Waals surface area (Å²) in [5, 5.41) is 18.4. The van der Waals surface area contributed by atoms with Crippen LogP contribution in [-0.2, 0) is 21.2 Å². The molecule has 0 heterocycles. The molecule has 7 nitrogen and oxygen atoms in total. The molecule has 0 amide bonds. The first kappa shape index (κ1) is 18.6. The van der Waals surface area contributed by atoms with E-state index in [4.69, 9.17) is 5.11 Å². The van der Waals surface area contributed by atoms with E-state index in [2.05, 4.69) is 4.72 Å². The van der Waals surface area contributed by atoms with Gasteiger partial charge in [0.2, 0.25) is 10.0 Å². The molecule has 1 atom stereocenters. The van der Waals surface area contributed by atoms with E-state index in [1.54, 1.807) is 30.3 Å². The summed E-state index contributed by atoms with van der Waals surface area (Å²) in [6, 6.07) is 10.9. The molecule has 0 spiro atoms. The molecule has 0 fully saturated rings. The highest BCUT2D eigenvalue weighted by atomic mass is 32.2. The number of sulfonamides is 1. The van der Waals surface area contributed by atoms with Gasteiger partial charge in [0.25, 0.3) is 0 Å². The van der Waals surface area contributed by atoms with Crippen molar-refractivity contribution < 1.29 is 28.2 Å². The Balaban J connectivity index is 2.33. The van der Waals surface area contributed by atoms with Gasteiger partial charge in [0, 0.05) is 0 Å². The first-order valence-electron chi connectivity index (χ1n) is 7.33. The summed E-state index contributed by atoms with van der Waals surface area (Å²) in [6.45, 7) is 1.51. The minimum atomic E-state index is -4.21. The SMILES string of the molecule is Cc1ccc(C(=O)O)cc1S(=O)(=O)NC(Cc1ccccc1)C(=O)O. The van der Waals surface area contributed by atoms with Crippen LogP contribution in [-0.4, -0.2) is 36.6 Å². The third-order valence-electron chi connectivity index (χ3n) is 3.60. The van der Waals surface area contributed by atoms with Crippen molar-refractivity contribution in [2.24, 2.45) is 0 Å². The quantitative estimate of drug-likeness (QED) is 0.688. The molecule has 2 aromatic carbocycles. The van der Waals surface area contributed by atoms with Gasteiger partial charge in [0.1, 0.15) is 6.04 Å². The summed E-state index contributed by atoms with van der Waals surface area (Å²) in [5.41, 5.74) is 0.788. The highest BCUT2D eigenvalue weighted by molar-refractivity contribution is 7.89. The molecule has 25 heavy (non-hydrogen) atoms. The molecule has 2 aromatic rings. The molecule has 0 bridgehead atoms. The number of aromatic carboxylic acids is 1. The van der Waals surface area contributed by atoms with Crippen LogP contribution in [0.25, 0.3) is 0 Å². The minimum absolute atomic E-state index is 0.0347. The van der Waals surface area contributed by atoms with Crippen LogP contribution in [0.2, 0.25) is 0 Å². The zero-order valence-electron chi connectivity index (χ0n) is 13.3. The molecule has 0 radical (unpaired) electrons. The zero-order valence-corrected chi connectivity index (χ0v) is 14.2. The second-order valence-electron chi connectivity index (χ2n) is 5.49. The third-order valence-corrected chi connectivity index (χ3v) is 5.22. The summed E-state index contributed by atoms with van der Waals surface area (Å²) >= 11 is 0. The largest absolute Gasteiger partial charge is 0.480 e. The van der Waals surface area contributed by atoms with E-state index in [9.17, 15) is 23.1 Å². The maximum Gasteiger partial charge on any atom is 0.335 e. The maximum atomic E-state index is 12.6. The highest BCUT2D eigenvalue weighted by Crippen LogP contribution is 2.18. The topological polar surface area (TPSA) is 121 Å². The van der Waals surface area contributed by atoms with Gasteiger partial charge >= 0.3 is 11.9 Å². The van der Waals surface area contributed by atoms with Crippen molar-refractivity contribution in [3.63, 3.8) is 0 Å². The number of carbonyl (C=O) groups is 2. The first-order chi connectivity index (χ1) is 11.7. The average molecular weight is 363 g/mol. The Kier molecular flexibility index (Phi) is 5.55. The van der Waals surface area contributed by atoms with Gasteiger partial charge in [0.15, 0.2) is 0 Å². The number of aryl methyl sites for hydroxylation is 1. The lowest BCUT2D eigenvalue weighted by Crippen LogP contribution is -2.42. The van der Waals surface area contributed by atoms with E-state index in [0.717, 1.165) is 6.07 Å². The van der Waals surface area contributed by atoms with E-state index < -0.39 is 28.0 Å². The normalized spacial score (nSPS) is 12.5. The van der Waals surface area contributed by atoms with E-state index in [0.29, 0.717) is 11.1 Å². The molecule has 2 rings (SSSR count). The second kappa shape index (κ2) is 7.45. The molecule has 0 aliphatic heterocycles. The Morgan fingerprint density at radius 3 is 2.28 bits per heavy atom. The summed E-state index contributed by atoms with van der Waals surface area (Å²) in [5.74, 6) is -2.59. The van der Waals surface area contributed by atoms with E-state index in [1.165, 1.54) is 19.1 Å². The van der Waals surface area contributed by atoms with Crippen molar-refractivity contribution in [3.05, 3.63) is 65.2 Å². The van der Waals surface area contributed by atoms with E-state index in [1.807, 2.05) is 0 Å². The monoisotopic (exact) mass is 363 g/mol. The van der Waals surface area contributed by atoms with Crippen LogP contribution in [0, 0.1) is 6.92 Å². The van der Waals surface area contributed by atoms with Crippen LogP contribution >= 0.6 is 0 Å². The van der Waals surface area contributed by atoms with Crippen LogP contribution in [0.4, 0.5) is 0 Å². The van der Waals surface area contributed by atoms with Crippen LogP contribution in [0.15, 0.2) is 53.4 Å². The van der Waals surface area contributed by atoms with Gasteiger partial charge in [-0.2, -0.15) is 4.72 Å². The lowest BCUT2D eigenvalue weighted by molar-refractivity contribution is -0.138. The van der Waals surface area contributed by atoms with Gasteiger partial charge in [0.05, 0.1) is 10.5 Å². The smallest absolute Gasteiger partial charge is 0.335 e. The number of hydrogen-bond acceptors (Lipinski definition) is 4. The fourth-order valence-corrected chi connectivity index (χ4v) is 3.76. The summed E-state index contributed by atoms with van der Waals surface area (Å²) in [6.07, 6.45) is -0.0347. The van der Waals surface area contributed by atoms with Crippen molar-refractivity contribution in [3.8, 4) is 0 Å². The number of hydrogen-bond donors (Lipinski definition) is 3. The fraction of sp³-hybridized carbons (Fsp3) is 0.176. The van der Waals surface area contributed by atoms with Gasteiger partial charge in [-0.1, -0.05) is 36.4 Å². The van der Waals surface area contributed by atoms with Gasteiger partial charge in [-0.15, -0.1) is 0 Å². The Hall–Kier alpha value is -2.71. The predicted octanol–water partition coefficient (Wildman–Crippen LogP) is 1.67. The lowest BCUT2D eigenvalue weighted by Gasteiger charge is -2.16. The molecule has 0 saturated carbocycles. The van der Waals surface area contributed by atoms with E-state index in [-0.39, 0.29) is 16.9 Å². The van der Waals surface area contributed by atoms with Crippen molar-refractivity contribution in [1.82, 2.24) is 4.72 Å².